The van der Waals surface area contributed by atoms with Crippen molar-refractivity contribution in [1.82, 2.24) is 10.2 Å². The lowest BCUT2D eigenvalue weighted by Gasteiger charge is -2.39. The van der Waals surface area contributed by atoms with Gasteiger partial charge in [-0.3, -0.25) is 14.9 Å². The van der Waals surface area contributed by atoms with E-state index < -0.39 is 23.8 Å². The zero-order chi connectivity index (χ0) is 19.5. The molecule has 146 valence electrons. The van der Waals surface area contributed by atoms with E-state index in [4.69, 9.17) is 9.15 Å². The van der Waals surface area contributed by atoms with Crippen LogP contribution in [0.15, 0.2) is 58.1 Å². The number of methoxy groups -OCH3 is 1. The molecule has 0 bridgehead atoms. The van der Waals surface area contributed by atoms with Gasteiger partial charge >= 0.3 is 5.97 Å². The van der Waals surface area contributed by atoms with E-state index in [1.54, 1.807) is 12.1 Å². The van der Waals surface area contributed by atoms with Gasteiger partial charge in [0.15, 0.2) is 5.92 Å². The molecule has 2 aromatic rings. The van der Waals surface area contributed by atoms with Crippen molar-refractivity contribution in [2.75, 3.05) is 38.2 Å². The molecule has 0 spiro atoms. The van der Waals surface area contributed by atoms with Crippen molar-refractivity contribution < 1.29 is 18.7 Å². The normalized spacial score (nSPS) is 22.5. The molecule has 1 saturated heterocycles. The van der Waals surface area contributed by atoms with Crippen LogP contribution in [0.4, 0.5) is 5.69 Å². The number of ether oxygens (including phenoxy) is 1. The van der Waals surface area contributed by atoms with E-state index in [0.717, 1.165) is 13.1 Å². The first-order valence-electron chi connectivity index (χ1n) is 9.22. The Morgan fingerprint density at radius 3 is 2.46 bits per heavy atom. The molecule has 2 atom stereocenters. The number of carbonyl (C=O) groups is 2. The van der Waals surface area contributed by atoms with E-state index in [1.807, 2.05) is 23.1 Å². The maximum absolute atomic E-state index is 12.7. The number of nitrogens with one attached hydrogen (secondary N) is 1. The average molecular weight is 382 g/mol. The number of furan rings is 1. The zero-order valence-electron chi connectivity index (χ0n) is 15.6. The van der Waals surface area contributed by atoms with Crippen molar-refractivity contribution in [2.45, 2.75) is 6.04 Å². The first-order chi connectivity index (χ1) is 13.7. The fourth-order valence-corrected chi connectivity index (χ4v) is 3.60. The molecule has 1 N–H and O–H groups in total. The van der Waals surface area contributed by atoms with E-state index in [9.17, 15) is 9.59 Å². The summed E-state index contributed by atoms with van der Waals surface area (Å²) in [6.07, 6.45) is 1.50. The number of benzene rings is 1. The summed E-state index contributed by atoms with van der Waals surface area (Å²) in [6, 6.07) is 12.9. The Hall–Kier alpha value is -3.29. The Morgan fingerprint density at radius 2 is 1.82 bits per heavy atom. The second-order valence-corrected chi connectivity index (χ2v) is 6.71. The predicted octanol–water partition coefficient (Wildman–Crippen LogP) is 1.42. The summed E-state index contributed by atoms with van der Waals surface area (Å²) in [5.74, 6) is -1.19. The number of rotatable bonds is 3. The van der Waals surface area contributed by atoms with Crippen LogP contribution in [0.25, 0.3) is 0 Å². The Balaban J connectivity index is 1.53. The van der Waals surface area contributed by atoms with Crippen molar-refractivity contribution in [3.63, 3.8) is 0 Å². The maximum atomic E-state index is 12.7. The monoisotopic (exact) mass is 382 g/mol. The molecule has 0 unspecified atom stereocenters. The highest BCUT2D eigenvalue weighted by Gasteiger charge is 2.43. The lowest BCUT2D eigenvalue weighted by atomic mass is 9.95. The molecule has 1 aromatic carbocycles. The maximum Gasteiger partial charge on any atom is 0.320 e. The quantitative estimate of drug-likeness (QED) is 0.638. The van der Waals surface area contributed by atoms with Crippen LogP contribution in [0.5, 0.6) is 0 Å². The molecular formula is C20H22N4O4. The summed E-state index contributed by atoms with van der Waals surface area (Å²) in [4.78, 5) is 33.8. The number of piperazine rings is 1. The number of amides is 1. The van der Waals surface area contributed by atoms with E-state index >= 15 is 0 Å². The molecule has 8 heteroatoms. The van der Waals surface area contributed by atoms with Crippen LogP contribution in [0, 0.1) is 5.92 Å². The van der Waals surface area contributed by atoms with Crippen LogP contribution in [0.1, 0.15) is 11.8 Å². The molecule has 28 heavy (non-hydrogen) atoms. The second kappa shape index (κ2) is 7.75. The Kier molecular flexibility index (Phi) is 5.01. The van der Waals surface area contributed by atoms with Crippen molar-refractivity contribution in [3.05, 3.63) is 54.5 Å². The number of aliphatic imine (C=N–C) groups is 1. The van der Waals surface area contributed by atoms with Crippen LogP contribution >= 0.6 is 0 Å². The van der Waals surface area contributed by atoms with E-state index in [-0.39, 0.29) is 0 Å². The number of hydrogen-bond donors (Lipinski definition) is 1. The van der Waals surface area contributed by atoms with E-state index in [1.165, 1.54) is 19.1 Å². The third-order valence-corrected chi connectivity index (χ3v) is 5.08. The fourth-order valence-electron chi connectivity index (χ4n) is 3.60. The molecule has 8 nitrogen and oxygen atoms in total. The van der Waals surface area contributed by atoms with Gasteiger partial charge in [0.1, 0.15) is 11.8 Å². The number of anilines is 1. The van der Waals surface area contributed by atoms with Crippen LogP contribution in [0.2, 0.25) is 0 Å². The SMILES string of the molecule is COC(=O)[C@H]1C(=O)NC(N2CCN(c3ccccc3)CC2)=N[C@H]1c1ccco1. The molecule has 0 saturated carbocycles. The molecule has 2 aliphatic heterocycles. The topological polar surface area (TPSA) is 87.4 Å². The summed E-state index contributed by atoms with van der Waals surface area (Å²) in [5.41, 5.74) is 1.18. The highest BCUT2D eigenvalue weighted by Crippen LogP contribution is 2.31. The Bertz CT molecular complexity index is 858. The molecule has 2 aliphatic rings. The summed E-state index contributed by atoms with van der Waals surface area (Å²) in [5, 5.41) is 2.77. The number of nitrogens with zero attached hydrogens (tertiary/aromatic N) is 3. The lowest BCUT2D eigenvalue weighted by molar-refractivity contribution is -0.151. The van der Waals surface area contributed by atoms with Crippen LogP contribution in [-0.4, -0.2) is 56.0 Å². The molecule has 4 rings (SSSR count). The molecule has 1 amide bonds. The summed E-state index contributed by atoms with van der Waals surface area (Å²) in [6.45, 7) is 3.04. The molecule has 1 aromatic heterocycles. The standard InChI is InChI=1S/C20H22N4O4/c1-27-19(26)16-17(15-8-5-13-28-15)21-20(22-18(16)25)24-11-9-23(10-12-24)14-6-3-2-4-7-14/h2-8,13,16-17H,9-12H2,1H3,(H,21,22,25)/t16-,17+/m1/s1. The van der Waals surface area contributed by atoms with Crippen LogP contribution < -0.4 is 10.2 Å². The Labute approximate surface area is 162 Å². The molecule has 3 heterocycles. The molecule has 0 radical (unpaired) electrons. The summed E-state index contributed by atoms with van der Waals surface area (Å²) in [7, 11) is 1.26. The minimum Gasteiger partial charge on any atom is -0.468 e. The lowest BCUT2D eigenvalue weighted by Crippen LogP contribution is -2.57. The number of esters is 1. The zero-order valence-corrected chi connectivity index (χ0v) is 15.6. The van der Waals surface area contributed by atoms with Crippen LogP contribution in [0.3, 0.4) is 0 Å². The molecule has 1 fully saturated rings. The van der Waals surface area contributed by atoms with Crippen molar-refractivity contribution in [2.24, 2.45) is 10.9 Å². The van der Waals surface area contributed by atoms with Gasteiger partial charge in [-0.1, -0.05) is 18.2 Å². The van der Waals surface area contributed by atoms with Crippen molar-refractivity contribution in [1.29, 1.82) is 0 Å². The fraction of sp³-hybridized carbons (Fsp3) is 0.350. The average Bonchev–Trinajstić information content (AvgIpc) is 3.28. The summed E-state index contributed by atoms with van der Waals surface area (Å²) < 4.78 is 10.2. The predicted molar refractivity (Wildman–Crippen MR) is 103 cm³/mol. The highest BCUT2D eigenvalue weighted by atomic mass is 16.5. The largest absolute Gasteiger partial charge is 0.468 e. The Morgan fingerprint density at radius 1 is 1.11 bits per heavy atom. The number of hydrogen-bond acceptors (Lipinski definition) is 7. The van der Waals surface area contributed by atoms with Gasteiger partial charge in [-0.25, -0.2) is 4.99 Å². The number of carbonyl (C=O) groups excluding carboxylic acids is 2. The molecule has 0 aliphatic carbocycles. The van der Waals surface area contributed by atoms with Gasteiger partial charge in [0, 0.05) is 31.9 Å². The van der Waals surface area contributed by atoms with Gasteiger partial charge in [-0.2, -0.15) is 0 Å². The second-order valence-electron chi connectivity index (χ2n) is 6.71. The van der Waals surface area contributed by atoms with Crippen molar-refractivity contribution in [3.8, 4) is 0 Å². The van der Waals surface area contributed by atoms with Gasteiger partial charge in [0.05, 0.1) is 13.4 Å². The van der Waals surface area contributed by atoms with Gasteiger partial charge < -0.3 is 19.0 Å². The van der Waals surface area contributed by atoms with Gasteiger partial charge in [-0.05, 0) is 24.3 Å². The van der Waals surface area contributed by atoms with Gasteiger partial charge in [0.2, 0.25) is 11.9 Å². The number of para-hydroxylation sites is 1. The minimum absolute atomic E-state index is 0.427. The van der Waals surface area contributed by atoms with Gasteiger partial charge in [-0.15, -0.1) is 0 Å². The van der Waals surface area contributed by atoms with Gasteiger partial charge in [0.25, 0.3) is 0 Å². The van der Waals surface area contributed by atoms with Crippen molar-refractivity contribution >= 4 is 23.5 Å². The number of guanidine groups is 1. The minimum atomic E-state index is -1.06. The van der Waals surface area contributed by atoms with E-state index in [0.29, 0.717) is 24.8 Å². The third kappa shape index (κ3) is 3.45. The smallest absolute Gasteiger partial charge is 0.320 e. The third-order valence-electron chi connectivity index (χ3n) is 5.08. The first-order valence-corrected chi connectivity index (χ1v) is 9.22. The first kappa shape index (κ1) is 18.1. The molecular weight excluding hydrogens is 360 g/mol. The van der Waals surface area contributed by atoms with E-state index in [2.05, 4.69) is 27.3 Å². The summed E-state index contributed by atoms with van der Waals surface area (Å²) >= 11 is 0. The van der Waals surface area contributed by atoms with Crippen LogP contribution in [-0.2, 0) is 14.3 Å². The highest BCUT2D eigenvalue weighted by molar-refractivity contribution is 6.08.